The quantitative estimate of drug-likeness (QED) is 0.820. The summed E-state index contributed by atoms with van der Waals surface area (Å²) < 4.78 is 27.6. The lowest BCUT2D eigenvalue weighted by Crippen LogP contribution is -2.13. The monoisotopic (exact) mass is 404 g/mol. The first kappa shape index (κ1) is 16.1. The normalized spacial score (nSPS) is 11.0. The average Bonchev–Trinajstić information content (AvgIpc) is 2.42. The van der Waals surface area contributed by atoms with Gasteiger partial charge in [0.25, 0.3) is 10.0 Å². The highest BCUT2D eigenvalue weighted by atomic mass is 79.9. The first-order valence-electron chi connectivity index (χ1n) is 5.51. The molecule has 0 atom stereocenters. The molecule has 0 aromatic heterocycles. The van der Waals surface area contributed by atoms with E-state index in [9.17, 15) is 8.42 Å². The van der Waals surface area contributed by atoms with Crippen LogP contribution < -0.4 is 4.72 Å². The van der Waals surface area contributed by atoms with Gasteiger partial charge in [0.15, 0.2) is 0 Å². The molecule has 0 aliphatic heterocycles. The van der Waals surface area contributed by atoms with Gasteiger partial charge in [-0.25, -0.2) is 8.42 Å². The molecule has 8 heteroatoms. The van der Waals surface area contributed by atoms with Gasteiger partial charge in [-0.1, -0.05) is 23.2 Å². The molecule has 2 aromatic rings. The zero-order valence-electron chi connectivity index (χ0n) is 10.3. The Morgan fingerprint density at radius 1 is 1.10 bits per heavy atom. The maximum Gasteiger partial charge on any atom is 0.263 e. The van der Waals surface area contributed by atoms with Crippen molar-refractivity contribution in [2.24, 2.45) is 0 Å². The van der Waals surface area contributed by atoms with Crippen molar-refractivity contribution in [3.8, 4) is 6.07 Å². The van der Waals surface area contributed by atoms with Crippen LogP contribution in [-0.2, 0) is 10.0 Å². The molecule has 0 aliphatic rings. The van der Waals surface area contributed by atoms with Gasteiger partial charge in [0.05, 0.1) is 27.4 Å². The van der Waals surface area contributed by atoms with E-state index in [-0.39, 0.29) is 15.5 Å². The van der Waals surface area contributed by atoms with E-state index in [4.69, 9.17) is 28.5 Å². The Kier molecular flexibility index (Phi) is 4.79. The number of nitrogens with zero attached hydrogens (tertiary/aromatic N) is 1. The summed E-state index contributed by atoms with van der Waals surface area (Å²) in [7, 11) is -3.86. The number of halogens is 3. The van der Waals surface area contributed by atoms with Crippen LogP contribution in [0, 0.1) is 11.3 Å². The Morgan fingerprint density at radius 3 is 2.38 bits per heavy atom. The third kappa shape index (κ3) is 3.69. The van der Waals surface area contributed by atoms with Crippen LogP contribution in [0.25, 0.3) is 0 Å². The van der Waals surface area contributed by atoms with Gasteiger partial charge in [-0.3, -0.25) is 4.72 Å². The molecule has 0 saturated carbocycles. The molecule has 4 nitrogen and oxygen atoms in total. The zero-order valence-corrected chi connectivity index (χ0v) is 14.2. The molecule has 1 N–H and O–H groups in total. The van der Waals surface area contributed by atoms with Crippen molar-refractivity contribution in [1.29, 1.82) is 5.26 Å². The van der Waals surface area contributed by atoms with Gasteiger partial charge in [0.2, 0.25) is 0 Å². The van der Waals surface area contributed by atoms with Gasteiger partial charge in [-0.05, 0) is 52.3 Å². The Morgan fingerprint density at radius 2 is 1.81 bits per heavy atom. The van der Waals surface area contributed by atoms with E-state index in [1.54, 1.807) is 12.1 Å². The van der Waals surface area contributed by atoms with Crippen molar-refractivity contribution in [1.82, 2.24) is 0 Å². The molecular formula is C13H7BrCl2N2O2S. The lowest BCUT2D eigenvalue weighted by atomic mass is 10.2. The maximum atomic E-state index is 12.3. The summed E-state index contributed by atoms with van der Waals surface area (Å²) in [6.07, 6.45) is 0. The number of nitrogens with one attached hydrogen (secondary N) is 1. The van der Waals surface area contributed by atoms with Crippen LogP contribution in [-0.4, -0.2) is 8.42 Å². The smallest absolute Gasteiger partial charge is 0.263 e. The van der Waals surface area contributed by atoms with Crippen molar-refractivity contribution < 1.29 is 8.42 Å². The van der Waals surface area contributed by atoms with E-state index < -0.39 is 10.0 Å². The number of anilines is 1. The minimum atomic E-state index is -3.86. The van der Waals surface area contributed by atoms with Crippen molar-refractivity contribution >= 4 is 54.8 Å². The first-order valence-corrected chi connectivity index (χ1v) is 8.54. The first-order chi connectivity index (χ1) is 9.83. The molecule has 0 unspecified atom stereocenters. The summed E-state index contributed by atoms with van der Waals surface area (Å²) in [5.74, 6) is 0. The molecule has 0 bridgehead atoms. The number of nitriles is 1. The molecule has 0 amide bonds. The van der Waals surface area contributed by atoms with E-state index >= 15 is 0 Å². The molecule has 0 fully saturated rings. The van der Waals surface area contributed by atoms with E-state index in [1.165, 1.54) is 24.3 Å². The fourth-order valence-corrected chi connectivity index (χ4v) is 3.58. The van der Waals surface area contributed by atoms with Crippen LogP contribution in [0.3, 0.4) is 0 Å². The van der Waals surface area contributed by atoms with Gasteiger partial charge < -0.3 is 0 Å². The fourth-order valence-electron chi connectivity index (χ4n) is 1.56. The van der Waals surface area contributed by atoms with Crippen molar-refractivity contribution in [3.05, 3.63) is 56.5 Å². The molecule has 0 heterocycles. The lowest BCUT2D eigenvalue weighted by molar-refractivity contribution is 0.601. The van der Waals surface area contributed by atoms with E-state index in [0.29, 0.717) is 15.2 Å². The molecule has 0 radical (unpaired) electrons. The highest BCUT2D eigenvalue weighted by Crippen LogP contribution is 2.28. The van der Waals surface area contributed by atoms with Gasteiger partial charge in [-0.15, -0.1) is 0 Å². The highest BCUT2D eigenvalue weighted by molar-refractivity contribution is 9.10. The van der Waals surface area contributed by atoms with Crippen LogP contribution in [0.15, 0.2) is 45.8 Å². The second-order valence-electron chi connectivity index (χ2n) is 3.99. The Balaban J connectivity index is 2.38. The Hall–Kier alpha value is -1.26. The summed E-state index contributed by atoms with van der Waals surface area (Å²) in [5, 5.41) is 9.11. The van der Waals surface area contributed by atoms with E-state index in [2.05, 4.69) is 20.7 Å². The summed E-state index contributed by atoms with van der Waals surface area (Å²) >= 11 is 15.0. The summed E-state index contributed by atoms with van der Waals surface area (Å²) in [6.45, 7) is 0. The van der Waals surface area contributed by atoms with Crippen LogP contribution in [0.1, 0.15) is 5.56 Å². The number of rotatable bonds is 3. The van der Waals surface area contributed by atoms with E-state index in [1.807, 2.05) is 6.07 Å². The lowest BCUT2D eigenvalue weighted by Gasteiger charge is -2.10. The molecule has 0 saturated heterocycles. The summed E-state index contributed by atoms with van der Waals surface area (Å²) in [6, 6.07) is 10.5. The van der Waals surface area contributed by atoms with Gasteiger partial charge in [0.1, 0.15) is 4.90 Å². The number of hydrogen-bond acceptors (Lipinski definition) is 3. The zero-order chi connectivity index (χ0) is 15.6. The molecule has 2 rings (SSSR count). The minimum Gasteiger partial charge on any atom is -0.280 e. The standard InChI is InChI=1S/C13H7BrCl2N2O2S/c14-10-3-2-9(6-11(10)15)18-21(19,20)13-4-1-8(7-17)5-12(13)16/h1-6,18H. The fraction of sp³-hybridized carbons (Fsp3) is 0. The van der Waals surface area contributed by atoms with Crippen LogP contribution in [0.2, 0.25) is 10.0 Å². The SMILES string of the molecule is N#Cc1ccc(S(=O)(=O)Nc2ccc(Br)c(Cl)c2)c(Cl)c1. The molecule has 21 heavy (non-hydrogen) atoms. The predicted octanol–water partition coefficient (Wildman–Crippen LogP) is 4.43. The Bertz CT molecular complexity index is 848. The number of hydrogen-bond donors (Lipinski definition) is 1. The van der Waals surface area contributed by atoms with Crippen molar-refractivity contribution in [3.63, 3.8) is 0 Å². The third-order valence-corrected chi connectivity index (χ3v) is 5.62. The van der Waals surface area contributed by atoms with E-state index in [0.717, 1.165) is 0 Å². The second kappa shape index (κ2) is 6.24. The minimum absolute atomic E-state index is 0.0234. The Labute approximate surface area is 140 Å². The van der Waals surface area contributed by atoms with Gasteiger partial charge >= 0.3 is 0 Å². The van der Waals surface area contributed by atoms with Gasteiger partial charge in [0, 0.05) is 4.47 Å². The number of sulfonamides is 1. The maximum absolute atomic E-state index is 12.3. The molecule has 2 aromatic carbocycles. The molecule has 0 aliphatic carbocycles. The molecule has 108 valence electrons. The summed E-state index contributed by atoms with van der Waals surface area (Å²) in [4.78, 5) is -0.109. The van der Waals surface area contributed by atoms with Crippen molar-refractivity contribution in [2.75, 3.05) is 4.72 Å². The average molecular weight is 406 g/mol. The van der Waals surface area contributed by atoms with Crippen LogP contribution in [0.5, 0.6) is 0 Å². The largest absolute Gasteiger partial charge is 0.280 e. The topological polar surface area (TPSA) is 70.0 Å². The van der Waals surface area contributed by atoms with Gasteiger partial charge in [-0.2, -0.15) is 5.26 Å². The second-order valence-corrected chi connectivity index (χ2v) is 7.31. The number of benzene rings is 2. The van der Waals surface area contributed by atoms with Crippen LogP contribution in [0.4, 0.5) is 5.69 Å². The third-order valence-electron chi connectivity index (χ3n) is 2.52. The molecular weight excluding hydrogens is 399 g/mol. The molecule has 0 spiro atoms. The highest BCUT2D eigenvalue weighted by Gasteiger charge is 2.18. The van der Waals surface area contributed by atoms with Crippen molar-refractivity contribution in [2.45, 2.75) is 4.90 Å². The summed E-state index contributed by atoms with van der Waals surface area (Å²) in [5.41, 5.74) is 0.592. The predicted molar refractivity (Wildman–Crippen MR) is 86.1 cm³/mol. The van der Waals surface area contributed by atoms with Crippen LogP contribution >= 0.6 is 39.1 Å².